The molecule has 0 amide bonds. The summed E-state index contributed by atoms with van der Waals surface area (Å²) in [5.41, 5.74) is 5.98. The summed E-state index contributed by atoms with van der Waals surface area (Å²) in [4.78, 5) is 4.39. The van der Waals surface area contributed by atoms with Gasteiger partial charge in [0.05, 0.1) is 0 Å². The average molecular weight is 220 g/mol. The molecule has 7 nitrogen and oxygen atoms in total. The monoisotopic (exact) mass is 220 g/mol. The summed E-state index contributed by atoms with van der Waals surface area (Å²) in [5, 5.41) is 14.2. The highest BCUT2D eigenvalue weighted by Crippen LogP contribution is 2.32. The summed E-state index contributed by atoms with van der Waals surface area (Å²) in [6.07, 6.45) is 4.85. The van der Waals surface area contributed by atoms with Crippen LogP contribution in [-0.4, -0.2) is 25.5 Å². The molecule has 0 spiro atoms. The Kier molecular flexibility index (Phi) is 2.09. The van der Waals surface area contributed by atoms with E-state index in [1.165, 1.54) is 25.7 Å². The van der Waals surface area contributed by atoms with Crippen molar-refractivity contribution in [3.63, 3.8) is 0 Å². The maximum absolute atomic E-state index is 5.57. The van der Waals surface area contributed by atoms with Crippen LogP contribution in [0.15, 0.2) is 4.63 Å². The molecule has 1 aliphatic rings. The number of hydrogen-bond donors (Lipinski definition) is 2. The first-order chi connectivity index (χ1) is 7.84. The second-order valence-corrected chi connectivity index (χ2v) is 4.02. The molecular weight excluding hydrogens is 208 g/mol. The zero-order chi connectivity index (χ0) is 11.0. The molecule has 2 aromatic heterocycles. The van der Waals surface area contributed by atoms with Crippen LogP contribution in [0.2, 0.25) is 0 Å². The summed E-state index contributed by atoms with van der Waals surface area (Å²) in [6.45, 7) is 0. The van der Waals surface area contributed by atoms with Crippen LogP contribution in [0.4, 0.5) is 5.82 Å². The van der Waals surface area contributed by atoms with Crippen molar-refractivity contribution < 1.29 is 4.63 Å². The lowest BCUT2D eigenvalue weighted by Crippen LogP contribution is -1.95. The Morgan fingerprint density at radius 3 is 2.75 bits per heavy atom. The maximum Gasteiger partial charge on any atom is 0.207 e. The van der Waals surface area contributed by atoms with Gasteiger partial charge in [-0.3, -0.25) is 5.10 Å². The normalized spacial score (nSPS) is 17.0. The van der Waals surface area contributed by atoms with Gasteiger partial charge in [0, 0.05) is 5.92 Å². The molecule has 3 N–H and O–H groups in total. The molecule has 0 unspecified atom stereocenters. The van der Waals surface area contributed by atoms with Crippen LogP contribution in [0, 0.1) is 0 Å². The molecule has 0 aliphatic heterocycles. The molecule has 0 aromatic carbocycles. The van der Waals surface area contributed by atoms with Gasteiger partial charge < -0.3 is 5.73 Å². The van der Waals surface area contributed by atoms with E-state index in [4.69, 9.17) is 5.73 Å². The molecule has 1 fully saturated rings. The number of nitrogen functional groups attached to an aromatic ring is 1. The molecule has 0 saturated heterocycles. The molecule has 2 aromatic rings. The second-order valence-electron chi connectivity index (χ2n) is 4.02. The molecule has 0 radical (unpaired) electrons. The number of aromatic nitrogens is 5. The molecule has 0 atom stereocenters. The fraction of sp³-hybridized carbons (Fsp3) is 0.556. The summed E-state index contributed by atoms with van der Waals surface area (Å²) in [6, 6.07) is 0. The lowest BCUT2D eigenvalue weighted by molar-refractivity contribution is 0.310. The highest BCUT2D eigenvalue weighted by atomic mass is 16.6. The van der Waals surface area contributed by atoms with Crippen molar-refractivity contribution in [3.8, 4) is 11.5 Å². The topological polar surface area (TPSA) is 107 Å². The Labute approximate surface area is 91.4 Å². The SMILES string of the molecule is Nc1nonc1-c1n[nH]c(C2CCCC2)n1. The van der Waals surface area contributed by atoms with Gasteiger partial charge in [-0.2, -0.15) is 5.10 Å². The number of rotatable bonds is 2. The van der Waals surface area contributed by atoms with Crippen LogP contribution >= 0.6 is 0 Å². The zero-order valence-electron chi connectivity index (χ0n) is 8.68. The Morgan fingerprint density at radius 1 is 1.25 bits per heavy atom. The van der Waals surface area contributed by atoms with Gasteiger partial charge in [0.15, 0.2) is 11.5 Å². The molecule has 2 heterocycles. The van der Waals surface area contributed by atoms with Crippen LogP contribution in [0.3, 0.4) is 0 Å². The van der Waals surface area contributed by atoms with Crippen LogP contribution in [-0.2, 0) is 0 Å². The maximum atomic E-state index is 5.57. The van der Waals surface area contributed by atoms with Gasteiger partial charge in [0.2, 0.25) is 5.82 Å². The Morgan fingerprint density at radius 2 is 2.06 bits per heavy atom. The fourth-order valence-electron chi connectivity index (χ4n) is 2.11. The molecule has 7 heteroatoms. The first-order valence-corrected chi connectivity index (χ1v) is 5.35. The minimum atomic E-state index is 0.219. The van der Waals surface area contributed by atoms with Crippen LogP contribution in [0.1, 0.15) is 37.4 Å². The van der Waals surface area contributed by atoms with Gasteiger partial charge in [-0.15, -0.1) is 0 Å². The van der Waals surface area contributed by atoms with E-state index in [1.54, 1.807) is 0 Å². The minimum absolute atomic E-state index is 0.219. The molecular formula is C9H12N6O. The molecule has 0 bridgehead atoms. The van der Waals surface area contributed by atoms with E-state index in [1.807, 2.05) is 0 Å². The number of nitrogens with zero attached hydrogens (tertiary/aromatic N) is 4. The highest BCUT2D eigenvalue weighted by molar-refractivity contribution is 5.61. The van der Waals surface area contributed by atoms with Gasteiger partial charge in [-0.05, 0) is 23.2 Å². The van der Waals surface area contributed by atoms with Gasteiger partial charge in [0.1, 0.15) is 5.82 Å². The van der Waals surface area contributed by atoms with E-state index in [-0.39, 0.29) is 5.82 Å². The highest BCUT2D eigenvalue weighted by Gasteiger charge is 2.22. The van der Waals surface area contributed by atoms with E-state index >= 15 is 0 Å². The summed E-state index contributed by atoms with van der Waals surface area (Å²) < 4.78 is 4.52. The standard InChI is InChI=1S/C9H12N6O/c10-7-6(14-16-15-7)9-11-8(12-13-9)5-3-1-2-4-5/h5H,1-4H2,(H2,10,15)(H,11,12,13). The average Bonchev–Trinajstić information content (AvgIpc) is 2.96. The first-order valence-electron chi connectivity index (χ1n) is 5.35. The van der Waals surface area contributed by atoms with Gasteiger partial charge in [0.25, 0.3) is 0 Å². The van der Waals surface area contributed by atoms with E-state index in [2.05, 4.69) is 30.1 Å². The molecule has 1 aliphatic carbocycles. The summed E-state index contributed by atoms with van der Waals surface area (Å²) >= 11 is 0. The van der Waals surface area contributed by atoms with Crippen molar-refractivity contribution in [3.05, 3.63) is 5.82 Å². The molecule has 84 valence electrons. The van der Waals surface area contributed by atoms with Crippen molar-refractivity contribution in [2.75, 3.05) is 5.73 Å². The van der Waals surface area contributed by atoms with E-state index in [9.17, 15) is 0 Å². The van der Waals surface area contributed by atoms with E-state index in [0.29, 0.717) is 17.4 Å². The lowest BCUT2D eigenvalue weighted by atomic mass is 10.1. The van der Waals surface area contributed by atoms with Crippen molar-refractivity contribution in [2.24, 2.45) is 0 Å². The number of nitrogens with one attached hydrogen (secondary N) is 1. The van der Waals surface area contributed by atoms with Gasteiger partial charge in [-0.1, -0.05) is 12.8 Å². The van der Waals surface area contributed by atoms with Crippen LogP contribution < -0.4 is 5.73 Å². The number of hydrogen-bond acceptors (Lipinski definition) is 6. The zero-order valence-corrected chi connectivity index (χ0v) is 8.68. The lowest BCUT2D eigenvalue weighted by Gasteiger charge is -2.01. The van der Waals surface area contributed by atoms with Crippen LogP contribution in [0.5, 0.6) is 0 Å². The third-order valence-electron chi connectivity index (χ3n) is 2.97. The molecule has 3 rings (SSSR count). The number of anilines is 1. The Bertz CT molecular complexity index is 484. The van der Waals surface area contributed by atoms with Gasteiger partial charge in [-0.25, -0.2) is 9.61 Å². The number of H-pyrrole nitrogens is 1. The summed E-state index contributed by atoms with van der Waals surface area (Å²) in [7, 11) is 0. The predicted molar refractivity (Wildman–Crippen MR) is 55.3 cm³/mol. The smallest absolute Gasteiger partial charge is 0.207 e. The second kappa shape index (κ2) is 3.58. The number of nitrogens with two attached hydrogens (primary N) is 1. The van der Waals surface area contributed by atoms with E-state index < -0.39 is 0 Å². The van der Waals surface area contributed by atoms with Gasteiger partial charge >= 0.3 is 0 Å². The minimum Gasteiger partial charge on any atom is -0.379 e. The van der Waals surface area contributed by atoms with Crippen molar-refractivity contribution in [2.45, 2.75) is 31.6 Å². The van der Waals surface area contributed by atoms with Crippen molar-refractivity contribution >= 4 is 5.82 Å². The first kappa shape index (κ1) is 9.32. The van der Waals surface area contributed by atoms with Crippen molar-refractivity contribution in [1.82, 2.24) is 25.5 Å². The Hall–Kier alpha value is -1.92. The third kappa shape index (κ3) is 1.44. The van der Waals surface area contributed by atoms with Crippen molar-refractivity contribution in [1.29, 1.82) is 0 Å². The number of aromatic amines is 1. The fourth-order valence-corrected chi connectivity index (χ4v) is 2.11. The third-order valence-corrected chi connectivity index (χ3v) is 2.97. The largest absolute Gasteiger partial charge is 0.379 e. The summed E-state index contributed by atoms with van der Waals surface area (Å²) in [5.74, 6) is 2.08. The quantitative estimate of drug-likeness (QED) is 0.784. The molecule has 16 heavy (non-hydrogen) atoms. The van der Waals surface area contributed by atoms with Crippen LogP contribution in [0.25, 0.3) is 11.5 Å². The predicted octanol–water partition coefficient (Wildman–Crippen LogP) is 1.09. The molecule has 1 saturated carbocycles. The Balaban J connectivity index is 1.90. The van der Waals surface area contributed by atoms with E-state index in [0.717, 1.165) is 5.82 Å².